The molecule has 1 aliphatic rings. The molecule has 0 spiro atoms. The van der Waals surface area contributed by atoms with Crippen LogP contribution >= 0.6 is 0 Å². The zero-order valence-electron chi connectivity index (χ0n) is 8.29. The first-order valence-electron chi connectivity index (χ1n) is 5.04. The number of aromatic nitrogens is 2. The molecule has 0 aliphatic heterocycles. The molecule has 1 aromatic rings. The van der Waals surface area contributed by atoms with Crippen LogP contribution in [0.25, 0.3) is 0 Å². The standard InChI is InChI=1S/C10H15N3O/c1-7(8-2-3-8)4-11-10(14)9-5-12-13-6-9/h5-8H,2-4H2,1H3,(H,11,14)(H,12,13). The van der Waals surface area contributed by atoms with Crippen molar-refractivity contribution in [1.29, 1.82) is 0 Å². The van der Waals surface area contributed by atoms with Gasteiger partial charge in [0.05, 0.1) is 11.8 Å². The zero-order valence-corrected chi connectivity index (χ0v) is 8.29. The van der Waals surface area contributed by atoms with Gasteiger partial charge in [-0.1, -0.05) is 6.92 Å². The molecule has 0 saturated heterocycles. The Morgan fingerprint density at radius 1 is 1.79 bits per heavy atom. The highest BCUT2D eigenvalue weighted by atomic mass is 16.1. The van der Waals surface area contributed by atoms with E-state index in [1.165, 1.54) is 19.0 Å². The van der Waals surface area contributed by atoms with Crippen molar-refractivity contribution in [3.05, 3.63) is 18.0 Å². The predicted molar refractivity (Wildman–Crippen MR) is 52.8 cm³/mol. The van der Waals surface area contributed by atoms with Crippen LogP contribution in [0.4, 0.5) is 0 Å². The maximum Gasteiger partial charge on any atom is 0.254 e. The van der Waals surface area contributed by atoms with Crippen molar-refractivity contribution in [2.75, 3.05) is 6.54 Å². The first-order valence-corrected chi connectivity index (χ1v) is 5.04. The number of nitrogens with zero attached hydrogens (tertiary/aromatic N) is 1. The lowest BCUT2D eigenvalue weighted by Gasteiger charge is -2.10. The van der Waals surface area contributed by atoms with Crippen molar-refractivity contribution in [3.8, 4) is 0 Å². The lowest BCUT2D eigenvalue weighted by molar-refractivity contribution is 0.0947. The molecule has 4 nitrogen and oxygen atoms in total. The summed E-state index contributed by atoms with van der Waals surface area (Å²) in [5.74, 6) is 1.40. The van der Waals surface area contributed by atoms with Gasteiger partial charge < -0.3 is 5.32 Å². The molecule has 1 atom stereocenters. The molecule has 1 amide bonds. The van der Waals surface area contributed by atoms with Crippen molar-refractivity contribution in [2.24, 2.45) is 11.8 Å². The summed E-state index contributed by atoms with van der Waals surface area (Å²) < 4.78 is 0. The maximum absolute atomic E-state index is 11.5. The van der Waals surface area contributed by atoms with E-state index in [1.807, 2.05) is 0 Å². The molecule has 1 fully saturated rings. The summed E-state index contributed by atoms with van der Waals surface area (Å²) in [6, 6.07) is 0. The van der Waals surface area contributed by atoms with E-state index in [9.17, 15) is 4.79 Å². The van der Waals surface area contributed by atoms with Crippen molar-refractivity contribution in [1.82, 2.24) is 15.5 Å². The minimum Gasteiger partial charge on any atom is -0.352 e. The van der Waals surface area contributed by atoms with Gasteiger partial charge in [-0.15, -0.1) is 0 Å². The third kappa shape index (κ3) is 2.13. The number of amides is 1. The fraction of sp³-hybridized carbons (Fsp3) is 0.600. The van der Waals surface area contributed by atoms with Gasteiger partial charge in [0, 0.05) is 12.7 Å². The third-order valence-electron chi connectivity index (χ3n) is 2.77. The van der Waals surface area contributed by atoms with E-state index in [0.29, 0.717) is 11.5 Å². The highest BCUT2D eigenvalue weighted by molar-refractivity contribution is 5.93. The van der Waals surface area contributed by atoms with Gasteiger partial charge in [-0.25, -0.2) is 0 Å². The Balaban J connectivity index is 1.77. The number of hydrogen-bond acceptors (Lipinski definition) is 2. The lowest BCUT2D eigenvalue weighted by Crippen LogP contribution is -2.28. The molecule has 76 valence electrons. The summed E-state index contributed by atoms with van der Waals surface area (Å²) >= 11 is 0. The van der Waals surface area contributed by atoms with Crippen molar-refractivity contribution >= 4 is 5.91 Å². The summed E-state index contributed by atoms with van der Waals surface area (Å²) in [7, 11) is 0. The number of carbonyl (C=O) groups excluding carboxylic acids is 1. The first-order chi connectivity index (χ1) is 6.77. The van der Waals surface area contributed by atoms with E-state index in [0.717, 1.165) is 12.5 Å². The van der Waals surface area contributed by atoms with E-state index in [4.69, 9.17) is 0 Å². The first kappa shape index (κ1) is 9.24. The monoisotopic (exact) mass is 193 g/mol. The van der Waals surface area contributed by atoms with E-state index >= 15 is 0 Å². The Labute approximate surface area is 83.1 Å². The van der Waals surface area contributed by atoms with Crippen LogP contribution in [0, 0.1) is 11.8 Å². The maximum atomic E-state index is 11.5. The van der Waals surface area contributed by atoms with Gasteiger partial charge in [0.15, 0.2) is 0 Å². The average Bonchev–Trinajstić information content (AvgIpc) is 2.90. The number of rotatable bonds is 4. The predicted octanol–water partition coefficient (Wildman–Crippen LogP) is 1.19. The summed E-state index contributed by atoms with van der Waals surface area (Å²) in [4.78, 5) is 11.5. The van der Waals surface area contributed by atoms with Gasteiger partial charge in [-0.3, -0.25) is 9.89 Å². The SMILES string of the molecule is CC(CNC(=O)c1cn[nH]c1)C1CC1. The van der Waals surface area contributed by atoms with Crippen LogP contribution in [0.5, 0.6) is 0 Å². The van der Waals surface area contributed by atoms with Gasteiger partial charge in [0.25, 0.3) is 5.91 Å². The number of aromatic amines is 1. The molecule has 1 heterocycles. The molecule has 0 radical (unpaired) electrons. The van der Waals surface area contributed by atoms with Crippen LogP contribution in [0.3, 0.4) is 0 Å². The average molecular weight is 193 g/mol. The highest BCUT2D eigenvalue weighted by Crippen LogP contribution is 2.36. The summed E-state index contributed by atoms with van der Waals surface area (Å²) in [5, 5.41) is 9.26. The van der Waals surface area contributed by atoms with Crippen molar-refractivity contribution in [3.63, 3.8) is 0 Å². The number of H-pyrrole nitrogens is 1. The molecule has 14 heavy (non-hydrogen) atoms. The second-order valence-corrected chi connectivity index (χ2v) is 4.01. The van der Waals surface area contributed by atoms with Gasteiger partial charge in [-0.05, 0) is 24.7 Å². The van der Waals surface area contributed by atoms with Crippen LogP contribution in [0.15, 0.2) is 12.4 Å². The van der Waals surface area contributed by atoms with Crippen LogP contribution in [0.1, 0.15) is 30.1 Å². The van der Waals surface area contributed by atoms with Gasteiger partial charge >= 0.3 is 0 Å². The number of hydrogen-bond donors (Lipinski definition) is 2. The van der Waals surface area contributed by atoms with E-state index in [2.05, 4.69) is 22.4 Å². The Morgan fingerprint density at radius 3 is 3.14 bits per heavy atom. The summed E-state index contributed by atoms with van der Waals surface area (Å²) in [5.41, 5.74) is 0.605. The van der Waals surface area contributed by atoms with Crippen molar-refractivity contribution < 1.29 is 4.79 Å². The topological polar surface area (TPSA) is 57.8 Å². The quantitative estimate of drug-likeness (QED) is 0.754. The molecule has 1 aliphatic carbocycles. The second kappa shape index (κ2) is 3.82. The minimum atomic E-state index is -0.0359. The van der Waals surface area contributed by atoms with Gasteiger partial charge in [0.2, 0.25) is 0 Å². The summed E-state index contributed by atoms with van der Waals surface area (Å²) in [6.45, 7) is 2.96. The normalized spacial score (nSPS) is 17.8. The lowest BCUT2D eigenvalue weighted by atomic mass is 10.1. The molecule has 0 aromatic carbocycles. The van der Waals surface area contributed by atoms with Crippen LogP contribution in [0.2, 0.25) is 0 Å². The largest absolute Gasteiger partial charge is 0.352 e. The van der Waals surface area contributed by atoms with Gasteiger partial charge in [-0.2, -0.15) is 5.10 Å². The Hall–Kier alpha value is -1.32. The molecule has 1 aromatic heterocycles. The molecular weight excluding hydrogens is 178 g/mol. The van der Waals surface area contributed by atoms with E-state index < -0.39 is 0 Å². The molecule has 2 rings (SSSR count). The molecule has 0 bridgehead atoms. The zero-order chi connectivity index (χ0) is 9.97. The third-order valence-corrected chi connectivity index (χ3v) is 2.77. The molecule has 1 unspecified atom stereocenters. The Bertz CT molecular complexity index is 303. The Morgan fingerprint density at radius 2 is 2.57 bits per heavy atom. The minimum absolute atomic E-state index is 0.0359. The van der Waals surface area contributed by atoms with E-state index in [1.54, 1.807) is 6.20 Å². The highest BCUT2D eigenvalue weighted by Gasteiger charge is 2.27. The van der Waals surface area contributed by atoms with Crippen LogP contribution in [-0.4, -0.2) is 22.6 Å². The molecule has 4 heteroatoms. The number of nitrogens with one attached hydrogen (secondary N) is 2. The molecular formula is C10H15N3O. The van der Waals surface area contributed by atoms with Crippen LogP contribution in [-0.2, 0) is 0 Å². The second-order valence-electron chi connectivity index (χ2n) is 4.01. The van der Waals surface area contributed by atoms with Gasteiger partial charge in [0.1, 0.15) is 0 Å². The van der Waals surface area contributed by atoms with E-state index in [-0.39, 0.29) is 5.91 Å². The molecule has 2 N–H and O–H groups in total. The fourth-order valence-electron chi connectivity index (χ4n) is 1.56. The smallest absolute Gasteiger partial charge is 0.254 e. The summed E-state index contributed by atoms with van der Waals surface area (Å²) in [6.07, 6.45) is 5.79. The fourth-order valence-corrected chi connectivity index (χ4v) is 1.56. The van der Waals surface area contributed by atoms with Crippen LogP contribution < -0.4 is 5.32 Å². The van der Waals surface area contributed by atoms with Crippen molar-refractivity contribution in [2.45, 2.75) is 19.8 Å². The number of carbonyl (C=O) groups is 1. The Kier molecular flexibility index (Phi) is 2.52. The molecule has 1 saturated carbocycles.